The summed E-state index contributed by atoms with van der Waals surface area (Å²) in [4.78, 5) is 0. The van der Waals surface area contributed by atoms with Crippen LogP contribution in [0.15, 0.2) is 78.9 Å². The third-order valence-corrected chi connectivity index (χ3v) is 5.93. The maximum atomic E-state index is 5.99. The Hall–Kier alpha value is -2.58. The fraction of sp³-hybridized carbons (Fsp3) is 0.357. The van der Waals surface area contributed by atoms with Gasteiger partial charge in [-0.15, -0.1) is 0 Å². The van der Waals surface area contributed by atoms with Crippen molar-refractivity contribution in [3.05, 3.63) is 90.0 Å². The minimum absolute atomic E-state index is 0.139. The van der Waals surface area contributed by atoms with Gasteiger partial charge in [0.2, 0.25) is 0 Å². The van der Waals surface area contributed by atoms with Gasteiger partial charge in [0.1, 0.15) is 18.0 Å². The van der Waals surface area contributed by atoms with E-state index in [-0.39, 0.29) is 11.0 Å². The lowest BCUT2D eigenvalue weighted by Gasteiger charge is -2.28. The average Bonchev–Trinajstić information content (AvgIpc) is 3.52. The van der Waals surface area contributed by atoms with Gasteiger partial charge in [-0.1, -0.05) is 87.5 Å². The quantitative estimate of drug-likeness (QED) is 0.372. The molecular formula is C28H32O2. The Morgan fingerprint density at radius 3 is 1.93 bits per heavy atom. The van der Waals surface area contributed by atoms with Crippen molar-refractivity contribution in [3.8, 4) is 16.9 Å². The van der Waals surface area contributed by atoms with E-state index in [1.54, 1.807) is 0 Å². The Labute approximate surface area is 180 Å². The van der Waals surface area contributed by atoms with Crippen LogP contribution in [0.1, 0.15) is 38.3 Å². The first-order valence-corrected chi connectivity index (χ1v) is 11.0. The molecule has 1 aliphatic rings. The molecular weight excluding hydrogens is 368 g/mol. The lowest BCUT2D eigenvalue weighted by Crippen LogP contribution is -2.30. The van der Waals surface area contributed by atoms with Crippen molar-refractivity contribution in [3.63, 3.8) is 0 Å². The van der Waals surface area contributed by atoms with Crippen molar-refractivity contribution >= 4 is 0 Å². The standard InChI is InChI=1S/C28H32O2/c1-4-22-10-14-24(15-11-22)25-16-12-23(13-17-25)18-27(2,3)19-28(21-30-28)20-29-26-8-6-5-7-9-26/h5-17H,4,18-21H2,1-3H3. The van der Waals surface area contributed by atoms with Crippen LogP contribution in [0.5, 0.6) is 5.75 Å². The summed E-state index contributed by atoms with van der Waals surface area (Å²) in [5.74, 6) is 0.910. The molecule has 1 heterocycles. The van der Waals surface area contributed by atoms with E-state index in [9.17, 15) is 0 Å². The van der Waals surface area contributed by atoms with Crippen LogP contribution in [-0.2, 0) is 17.6 Å². The fourth-order valence-corrected chi connectivity index (χ4v) is 4.31. The highest BCUT2D eigenvalue weighted by molar-refractivity contribution is 5.64. The van der Waals surface area contributed by atoms with Crippen molar-refractivity contribution in [1.82, 2.24) is 0 Å². The Morgan fingerprint density at radius 2 is 1.40 bits per heavy atom. The second-order valence-electron chi connectivity index (χ2n) is 9.34. The first-order valence-electron chi connectivity index (χ1n) is 11.0. The highest BCUT2D eigenvalue weighted by Crippen LogP contribution is 2.41. The van der Waals surface area contributed by atoms with Crippen molar-refractivity contribution in [2.45, 2.75) is 45.6 Å². The van der Waals surface area contributed by atoms with Crippen LogP contribution < -0.4 is 4.74 Å². The zero-order chi connectivity index (χ0) is 21.0. The fourth-order valence-electron chi connectivity index (χ4n) is 4.31. The summed E-state index contributed by atoms with van der Waals surface area (Å²) in [6.07, 6.45) is 3.10. The Bertz CT molecular complexity index is 936. The van der Waals surface area contributed by atoms with Crippen molar-refractivity contribution in [1.29, 1.82) is 0 Å². The van der Waals surface area contributed by atoms with Gasteiger partial charge in [-0.25, -0.2) is 0 Å². The Morgan fingerprint density at radius 1 is 0.833 bits per heavy atom. The summed E-state index contributed by atoms with van der Waals surface area (Å²) < 4.78 is 11.8. The molecule has 0 aliphatic carbocycles. The number of epoxide rings is 1. The topological polar surface area (TPSA) is 21.8 Å². The molecule has 1 unspecified atom stereocenters. The molecule has 2 nitrogen and oxygen atoms in total. The maximum absolute atomic E-state index is 5.99. The van der Waals surface area contributed by atoms with E-state index in [2.05, 4.69) is 69.3 Å². The normalized spacial score (nSPS) is 18.2. The number of aryl methyl sites for hydroxylation is 1. The van der Waals surface area contributed by atoms with E-state index in [4.69, 9.17) is 9.47 Å². The van der Waals surface area contributed by atoms with E-state index in [1.807, 2.05) is 30.3 Å². The highest BCUT2D eigenvalue weighted by Gasteiger charge is 2.49. The second-order valence-corrected chi connectivity index (χ2v) is 9.34. The molecule has 3 aromatic rings. The van der Waals surface area contributed by atoms with E-state index in [0.717, 1.165) is 31.6 Å². The minimum Gasteiger partial charge on any atom is -0.490 e. The zero-order valence-electron chi connectivity index (χ0n) is 18.4. The molecule has 0 amide bonds. The molecule has 1 aliphatic heterocycles. The van der Waals surface area contributed by atoms with E-state index in [0.29, 0.717) is 6.61 Å². The Kier molecular flexibility index (Phi) is 5.97. The van der Waals surface area contributed by atoms with Crippen molar-refractivity contribution in [2.24, 2.45) is 5.41 Å². The Balaban J connectivity index is 1.35. The molecule has 0 aromatic heterocycles. The van der Waals surface area contributed by atoms with Crippen LogP contribution in [0.2, 0.25) is 0 Å². The van der Waals surface area contributed by atoms with Gasteiger partial charge in [0, 0.05) is 0 Å². The van der Waals surface area contributed by atoms with Gasteiger partial charge in [-0.05, 0) is 59.1 Å². The van der Waals surface area contributed by atoms with Crippen LogP contribution in [0.25, 0.3) is 11.1 Å². The molecule has 0 saturated carbocycles. The summed E-state index contributed by atoms with van der Waals surface area (Å²) >= 11 is 0. The van der Waals surface area contributed by atoms with Crippen LogP contribution in [-0.4, -0.2) is 18.8 Å². The monoisotopic (exact) mass is 400 g/mol. The summed E-state index contributed by atoms with van der Waals surface area (Å²) in [5.41, 5.74) is 5.30. The number of hydrogen-bond acceptors (Lipinski definition) is 2. The lowest BCUT2D eigenvalue weighted by atomic mass is 9.78. The minimum atomic E-state index is -0.139. The molecule has 0 bridgehead atoms. The van der Waals surface area contributed by atoms with Crippen molar-refractivity contribution < 1.29 is 9.47 Å². The molecule has 1 saturated heterocycles. The molecule has 156 valence electrons. The largest absolute Gasteiger partial charge is 0.490 e. The van der Waals surface area contributed by atoms with Gasteiger partial charge in [-0.3, -0.25) is 0 Å². The zero-order valence-corrected chi connectivity index (χ0v) is 18.4. The smallest absolute Gasteiger partial charge is 0.126 e. The van der Waals surface area contributed by atoms with E-state index in [1.165, 1.54) is 22.3 Å². The predicted molar refractivity (Wildman–Crippen MR) is 124 cm³/mol. The molecule has 2 heteroatoms. The molecule has 4 rings (SSSR count). The summed E-state index contributed by atoms with van der Waals surface area (Å²) in [6.45, 7) is 8.26. The van der Waals surface area contributed by atoms with Gasteiger partial charge >= 0.3 is 0 Å². The number of para-hydroxylation sites is 1. The second kappa shape index (κ2) is 8.65. The van der Waals surface area contributed by atoms with Gasteiger partial charge in [0.25, 0.3) is 0 Å². The average molecular weight is 401 g/mol. The molecule has 0 spiro atoms. The lowest BCUT2D eigenvalue weighted by molar-refractivity contribution is 0.136. The van der Waals surface area contributed by atoms with Crippen LogP contribution in [0, 0.1) is 5.41 Å². The number of hydrogen-bond donors (Lipinski definition) is 0. The summed E-state index contributed by atoms with van der Waals surface area (Å²) in [7, 11) is 0. The predicted octanol–water partition coefficient (Wildman–Crippen LogP) is 6.72. The number of rotatable bonds is 9. The van der Waals surface area contributed by atoms with Crippen LogP contribution in [0.4, 0.5) is 0 Å². The van der Waals surface area contributed by atoms with Crippen LogP contribution in [0.3, 0.4) is 0 Å². The molecule has 30 heavy (non-hydrogen) atoms. The molecule has 0 N–H and O–H groups in total. The SMILES string of the molecule is CCc1ccc(-c2ccc(CC(C)(C)CC3(COc4ccccc4)CO3)cc2)cc1. The maximum Gasteiger partial charge on any atom is 0.126 e. The number of benzene rings is 3. The summed E-state index contributed by atoms with van der Waals surface area (Å²) in [5, 5.41) is 0. The highest BCUT2D eigenvalue weighted by atomic mass is 16.6. The van der Waals surface area contributed by atoms with Gasteiger partial charge in [0.15, 0.2) is 0 Å². The van der Waals surface area contributed by atoms with E-state index >= 15 is 0 Å². The van der Waals surface area contributed by atoms with E-state index < -0.39 is 0 Å². The van der Waals surface area contributed by atoms with Crippen molar-refractivity contribution in [2.75, 3.05) is 13.2 Å². The van der Waals surface area contributed by atoms with Gasteiger partial charge < -0.3 is 9.47 Å². The summed E-state index contributed by atoms with van der Waals surface area (Å²) in [6, 6.07) is 27.9. The third kappa shape index (κ3) is 5.31. The number of ether oxygens (including phenoxy) is 2. The third-order valence-electron chi connectivity index (χ3n) is 5.93. The molecule has 1 atom stereocenters. The van der Waals surface area contributed by atoms with Gasteiger partial charge in [0.05, 0.1) is 6.61 Å². The first-order chi connectivity index (χ1) is 14.5. The molecule has 0 radical (unpaired) electrons. The first kappa shape index (κ1) is 20.7. The molecule has 3 aromatic carbocycles. The van der Waals surface area contributed by atoms with Gasteiger partial charge in [-0.2, -0.15) is 0 Å². The van der Waals surface area contributed by atoms with Crippen LogP contribution >= 0.6 is 0 Å². The molecule has 1 fully saturated rings.